The van der Waals surface area contributed by atoms with Crippen LogP contribution in [0, 0.1) is 5.92 Å². The van der Waals surface area contributed by atoms with E-state index in [2.05, 4.69) is 25.7 Å². The molecule has 0 aromatic heterocycles. The Morgan fingerprint density at radius 1 is 1.38 bits per heavy atom. The molecule has 0 radical (unpaired) electrons. The fourth-order valence-corrected chi connectivity index (χ4v) is 2.04. The van der Waals surface area contributed by atoms with Gasteiger partial charge in [0, 0.05) is 18.6 Å². The van der Waals surface area contributed by atoms with Crippen LogP contribution in [0.25, 0.3) is 0 Å². The van der Waals surface area contributed by atoms with Crippen molar-refractivity contribution in [3.63, 3.8) is 0 Å². The molecule has 1 unspecified atom stereocenters. The molecule has 0 aromatic rings. The molecule has 1 aliphatic rings. The second kappa shape index (κ2) is 4.43. The van der Waals surface area contributed by atoms with Crippen LogP contribution in [0.2, 0.25) is 0 Å². The zero-order valence-corrected chi connectivity index (χ0v) is 9.21. The maximum absolute atomic E-state index is 9.30. The fourth-order valence-electron chi connectivity index (χ4n) is 2.04. The molecular weight excluding hydrogens is 162 g/mol. The van der Waals surface area contributed by atoms with Gasteiger partial charge in [-0.2, -0.15) is 0 Å². The van der Waals surface area contributed by atoms with E-state index < -0.39 is 0 Å². The van der Waals surface area contributed by atoms with E-state index in [1.807, 2.05) is 0 Å². The van der Waals surface area contributed by atoms with Gasteiger partial charge in [-0.05, 0) is 25.7 Å². The number of nitrogens with zero attached hydrogens (tertiary/aromatic N) is 1. The van der Waals surface area contributed by atoms with Gasteiger partial charge in [-0.25, -0.2) is 0 Å². The van der Waals surface area contributed by atoms with Gasteiger partial charge in [-0.1, -0.05) is 20.3 Å². The monoisotopic (exact) mass is 185 g/mol. The normalized spacial score (nSPS) is 24.0. The van der Waals surface area contributed by atoms with Crippen LogP contribution in [0.15, 0.2) is 0 Å². The Labute approximate surface area is 81.9 Å². The van der Waals surface area contributed by atoms with Gasteiger partial charge in [0.25, 0.3) is 0 Å². The largest absolute Gasteiger partial charge is 0.394 e. The molecule has 2 heteroatoms. The summed E-state index contributed by atoms with van der Waals surface area (Å²) < 4.78 is 0. The van der Waals surface area contributed by atoms with E-state index in [1.165, 1.54) is 25.9 Å². The molecule has 1 N–H and O–H groups in total. The average Bonchev–Trinajstić information content (AvgIpc) is 2.09. The topological polar surface area (TPSA) is 23.5 Å². The molecule has 0 bridgehead atoms. The fraction of sp³-hybridized carbons (Fsp3) is 1.00. The summed E-state index contributed by atoms with van der Waals surface area (Å²) in [6, 6.07) is 0. The van der Waals surface area contributed by atoms with Crippen LogP contribution in [-0.4, -0.2) is 35.2 Å². The second-order valence-corrected chi connectivity index (χ2v) is 4.57. The molecule has 2 nitrogen and oxygen atoms in total. The van der Waals surface area contributed by atoms with Gasteiger partial charge in [0.15, 0.2) is 0 Å². The van der Waals surface area contributed by atoms with Crippen molar-refractivity contribution in [3.8, 4) is 0 Å². The number of hydrogen-bond donors (Lipinski definition) is 1. The minimum atomic E-state index is 0.0459. The van der Waals surface area contributed by atoms with Gasteiger partial charge < -0.3 is 5.11 Å². The Hall–Kier alpha value is -0.0800. The molecule has 0 aromatic carbocycles. The summed E-state index contributed by atoms with van der Waals surface area (Å²) >= 11 is 0. The summed E-state index contributed by atoms with van der Waals surface area (Å²) in [5, 5.41) is 9.30. The minimum absolute atomic E-state index is 0.0459. The third kappa shape index (κ3) is 2.23. The summed E-state index contributed by atoms with van der Waals surface area (Å²) in [7, 11) is 0. The van der Waals surface area contributed by atoms with Gasteiger partial charge in [-0.3, -0.25) is 4.90 Å². The molecule has 0 saturated carbocycles. The number of aliphatic hydroxyl groups excluding tert-OH is 1. The highest BCUT2D eigenvalue weighted by molar-refractivity contribution is 4.92. The molecule has 0 aliphatic carbocycles. The van der Waals surface area contributed by atoms with E-state index in [4.69, 9.17) is 0 Å². The van der Waals surface area contributed by atoms with Crippen molar-refractivity contribution in [1.29, 1.82) is 0 Å². The standard InChI is InChI=1S/C11H23NO/c1-4-6-10-7-12(8-10)11(3,5-2)9-13/h10,13H,4-9H2,1-3H3. The predicted octanol–water partition coefficient (Wildman–Crippen LogP) is 1.88. The summed E-state index contributed by atoms with van der Waals surface area (Å²) in [6.07, 6.45) is 3.69. The van der Waals surface area contributed by atoms with E-state index >= 15 is 0 Å². The first-order valence-electron chi connectivity index (χ1n) is 5.52. The summed E-state index contributed by atoms with van der Waals surface area (Å²) in [6.45, 7) is 9.24. The lowest BCUT2D eigenvalue weighted by molar-refractivity contribution is -0.0410. The lowest BCUT2D eigenvalue weighted by Gasteiger charge is -2.50. The maximum Gasteiger partial charge on any atom is 0.0612 e. The molecule has 0 spiro atoms. The van der Waals surface area contributed by atoms with Crippen LogP contribution < -0.4 is 0 Å². The molecule has 78 valence electrons. The molecule has 1 saturated heterocycles. The second-order valence-electron chi connectivity index (χ2n) is 4.57. The summed E-state index contributed by atoms with van der Waals surface area (Å²) in [5.74, 6) is 0.891. The Morgan fingerprint density at radius 2 is 2.00 bits per heavy atom. The van der Waals surface area contributed by atoms with Gasteiger partial charge in [0.05, 0.1) is 6.61 Å². The maximum atomic E-state index is 9.30. The molecule has 1 fully saturated rings. The van der Waals surface area contributed by atoms with Crippen molar-refractivity contribution in [2.24, 2.45) is 5.92 Å². The Bertz CT molecular complexity index is 148. The molecule has 1 aliphatic heterocycles. The first-order valence-corrected chi connectivity index (χ1v) is 5.52. The Balaban J connectivity index is 2.32. The first-order chi connectivity index (χ1) is 6.16. The van der Waals surface area contributed by atoms with Gasteiger partial charge in [0.1, 0.15) is 0 Å². The van der Waals surface area contributed by atoms with E-state index in [0.29, 0.717) is 6.61 Å². The van der Waals surface area contributed by atoms with Gasteiger partial charge >= 0.3 is 0 Å². The van der Waals surface area contributed by atoms with E-state index in [9.17, 15) is 5.11 Å². The first kappa shape index (κ1) is 11.0. The average molecular weight is 185 g/mol. The highest BCUT2D eigenvalue weighted by Crippen LogP contribution is 2.30. The zero-order chi connectivity index (χ0) is 9.90. The smallest absolute Gasteiger partial charge is 0.0612 e. The van der Waals surface area contributed by atoms with Crippen molar-refractivity contribution in [2.75, 3.05) is 19.7 Å². The molecule has 13 heavy (non-hydrogen) atoms. The van der Waals surface area contributed by atoms with E-state index in [1.54, 1.807) is 0 Å². The minimum Gasteiger partial charge on any atom is -0.394 e. The molecule has 0 amide bonds. The van der Waals surface area contributed by atoms with E-state index in [-0.39, 0.29) is 5.54 Å². The van der Waals surface area contributed by atoms with Crippen LogP contribution >= 0.6 is 0 Å². The quantitative estimate of drug-likeness (QED) is 0.707. The van der Waals surface area contributed by atoms with Gasteiger partial charge in [-0.15, -0.1) is 0 Å². The van der Waals surface area contributed by atoms with Crippen molar-refractivity contribution in [1.82, 2.24) is 4.90 Å². The van der Waals surface area contributed by atoms with Gasteiger partial charge in [0.2, 0.25) is 0 Å². The Morgan fingerprint density at radius 3 is 2.38 bits per heavy atom. The van der Waals surface area contributed by atoms with Crippen molar-refractivity contribution < 1.29 is 5.11 Å². The van der Waals surface area contributed by atoms with E-state index in [0.717, 1.165) is 12.3 Å². The third-order valence-corrected chi connectivity index (χ3v) is 3.52. The third-order valence-electron chi connectivity index (χ3n) is 3.52. The molecule has 1 heterocycles. The zero-order valence-electron chi connectivity index (χ0n) is 9.21. The van der Waals surface area contributed by atoms with Crippen molar-refractivity contribution >= 4 is 0 Å². The lowest BCUT2D eigenvalue weighted by atomic mass is 9.86. The highest BCUT2D eigenvalue weighted by Gasteiger charge is 2.37. The summed E-state index contributed by atoms with van der Waals surface area (Å²) in [5.41, 5.74) is 0.0459. The molecular formula is C11H23NO. The Kier molecular flexibility index (Phi) is 3.74. The molecule has 1 rings (SSSR count). The van der Waals surface area contributed by atoms with Crippen LogP contribution in [0.4, 0.5) is 0 Å². The van der Waals surface area contributed by atoms with Crippen LogP contribution in [-0.2, 0) is 0 Å². The predicted molar refractivity (Wildman–Crippen MR) is 55.8 cm³/mol. The number of hydrogen-bond acceptors (Lipinski definition) is 2. The number of rotatable bonds is 5. The van der Waals surface area contributed by atoms with Crippen LogP contribution in [0.5, 0.6) is 0 Å². The highest BCUT2D eigenvalue weighted by atomic mass is 16.3. The van der Waals surface area contributed by atoms with Crippen molar-refractivity contribution in [3.05, 3.63) is 0 Å². The van der Waals surface area contributed by atoms with Crippen molar-refractivity contribution in [2.45, 2.75) is 45.6 Å². The molecule has 1 atom stereocenters. The SMILES string of the molecule is CCCC1CN(C(C)(CC)CO)C1. The lowest BCUT2D eigenvalue weighted by Crippen LogP contribution is -2.59. The number of aliphatic hydroxyl groups is 1. The number of likely N-dealkylation sites (tertiary alicyclic amines) is 1. The van der Waals surface area contributed by atoms with Crippen LogP contribution in [0.3, 0.4) is 0 Å². The van der Waals surface area contributed by atoms with Crippen LogP contribution in [0.1, 0.15) is 40.0 Å². The summed E-state index contributed by atoms with van der Waals surface area (Å²) in [4.78, 5) is 2.42.